The summed E-state index contributed by atoms with van der Waals surface area (Å²) in [5.74, 6) is 0. The van der Waals surface area contributed by atoms with Crippen LogP contribution in [0.3, 0.4) is 0 Å². The van der Waals surface area contributed by atoms with Crippen LogP contribution in [0.15, 0.2) is 0 Å². The quantitative estimate of drug-likeness (QED) is 0.610. The normalized spacial score (nSPS) is 13.9. The number of aliphatic hydroxyl groups is 1. The predicted octanol–water partition coefficient (Wildman–Crippen LogP) is 3.01. The van der Waals surface area contributed by atoms with Gasteiger partial charge in [-0.25, -0.2) is 0 Å². The lowest BCUT2D eigenvalue weighted by atomic mass is 10.0. The summed E-state index contributed by atoms with van der Waals surface area (Å²) >= 11 is 0. The second kappa shape index (κ2) is 8.25. The zero-order valence-corrected chi connectivity index (χ0v) is 10.3. The summed E-state index contributed by atoms with van der Waals surface area (Å²) in [6.07, 6.45) is 7.16. The fourth-order valence-electron chi connectivity index (χ4n) is 1.74. The highest BCUT2D eigenvalue weighted by molar-refractivity contribution is 4.69. The van der Waals surface area contributed by atoms with Crippen molar-refractivity contribution in [2.75, 3.05) is 7.05 Å². The van der Waals surface area contributed by atoms with Gasteiger partial charge < -0.3 is 5.11 Å². The van der Waals surface area contributed by atoms with Gasteiger partial charge in [0.25, 0.3) is 0 Å². The molecule has 1 N–H and O–H groups in total. The lowest BCUT2D eigenvalue weighted by Crippen LogP contribution is -2.38. The van der Waals surface area contributed by atoms with Gasteiger partial charge >= 0.3 is 0 Å². The zero-order valence-electron chi connectivity index (χ0n) is 10.3. The van der Waals surface area contributed by atoms with Crippen molar-refractivity contribution in [2.45, 2.75) is 71.6 Å². The van der Waals surface area contributed by atoms with Crippen molar-refractivity contribution in [1.82, 2.24) is 4.90 Å². The van der Waals surface area contributed by atoms with Crippen LogP contribution in [0.2, 0.25) is 0 Å². The number of rotatable bonds is 8. The molecule has 0 fully saturated rings. The third-order valence-corrected chi connectivity index (χ3v) is 2.95. The third kappa shape index (κ3) is 5.61. The van der Waals surface area contributed by atoms with Crippen LogP contribution in [-0.2, 0) is 0 Å². The molecule has 0 aromatic carbocycles. The Balaban J connectivity index is 3.94. The molecule has 0 saturated heterocycles. The Labute approximate surface area is 89.3 Å². The maximum Gasteiger partial charge on any atom is 0.104 e. The standard InChI is InChI=1S/C12H27NO/c1-5-7-9-12(10-8-6-2)13(4)11(3)14/h11-12,14H,5-10H2,1-4H3. The lowest BCUT2D eigenvalue weighted by Gasteiger charge is -2.30. The van der Waals surface area contributed by atoms with Gasteiger partial charge in [0.05, 0.1) is 0 Å². The topological polar surface area (TPSA) is 23.5 Å². The summed E-state index contributed by atoms with van der Waals surface area (Å²) in [7, 11) is 2.03. The van der Waals surface area contributed by atoms with Crippen molar-refractivity contribution in [3.8, 4) is 0 Å². The Kier molecular flexibility index (Phi) is 8.20. The molecule has 1 unspecified atom stereocenters. The minimum Gasteiger partial charge on any atom is -0.379 e. The van der Waals surface area contributed by atoms with E-state index in [9.17, 15) is 5.11 Å². The number of unbranched alkanes of at least 4 members (excludes halogenated alkanes) is 2. The second-order valence-corrected chi connectivity index (χ2v) is 4.24. The van der Waals surface area contributed by atoms with Crippen molar-refractivity contribution in [3.05, 3.63) is 0 Å². The molecule has 0 aliphatic carbocycles. The second-order valence-electron chi connectivity index (χ2n) is 4.24. The van der Waals surface area contributed by atoms with E-state index < -0.39 is 0 Å². The molecule has 2 nitrogen and oxygen atoms in total. The number of hydrogen-bond donors (Lipinski definition) is 1. The van der Waals surface area contributed by atoms with Crippen molar-refractivity contribution in [1.29, 1.82) is 0 Å². The SMILES string of the molecule is CCCCC(CCCC)N(C)C(C)O. The first kappa shape index (κ1) is 13.9. The maximum atomic E-state index is 9.52. The third-order valence-electron chi connectivity index (χ3n) is 2.95. The maximum absolute atomic E-state index is 9.52. The van der Waals surface area contributed by atoms with E-state index in [1.807, 2.05) is 14.0 Å². The first-order chi connectivity index (χ1) is 6.63. The van der Waals surface area contributed by atoms with Crippen molar-refractivity contribution < 1.29 is 5.11 Å². The van der Waals surface area contributed by atoms with E-state index in [1.54, 1.807) is 0 Å². The van der Waals surface area contributed by atoms with Crippen LogP contribution in [0.5, 0.6) is 0 Å². The molecule has 14 heavy (non-hydrogen) atoms. The smallest absolute Gasteiger partial charge is 0.104 e. The number of aliphatic hydroxyl groups excluding tert-OH is 1. The molecule has 0 aromatic heterocycles. The van der Waals surface area contributed by atoms with Crippen molar-refractivity contribution >= 4 is 0 Å². The first-order valence-corrected chi connectivity index (χ1v) is 6.03. The Morgan fingerprint density at radius 3 is 1.79 bits per heavy atom. The molecule has 0 radical (unpaired) electrons. The fraction of sp³-hybridized carbons (Fsp3) is 1.00. The zero-order chi connectivity index (χ0) is 11.0. The van der Waals surface area contributed by atoms with Gasteiger partial charge in [-0.3, -0.25) is 4.90 Å². The highest BCUT2D eigenvalue weighted by Gasteiger charge is 2.16. The average molecular weight is 201 g/mol. The summed E-state index contributed by atoms with van der Waals surface area (Å²) in [6, 6.07) is 0.565. The minimum atomic E-state index is -0.311. The van der Waals surface area contributed by atoms with Crippen molar-refractivity contribution in [2.24, 2.45) is 0 Å². The molecule has 0 amide bonds. The summed E-state index contributed by atoms with van der Waals surface area (Å²) in [6.45, 7) is 6.30. The van der Waals surface area contributed by atoms with E-state index in [0.717, 1.165) is 0 Å². The van der Waals surface area contributed by atoms with Crippen LogP contribution in [0.1, 0.15) is 59.3 Å². The molecule has 0 bridgehead atoms. The Morgan fingerprint density at radius 2 is 1.50 bits per heavy atom. The van der Waals surface area contributed by atoms with Gasteiger partial charge in [0.1, 0.15) is 6.23 Å². The van der Waals surface area contributed by atoms with Crippen LogP contribution in [0.25, 0.3) is 0 Å². The summed E-state index contributed by atoms with van der Waals surface area (Å²) in [4.78, 5) is 2.10. The molecule has 0 aromatic rings. The molecular formula is C12H27NO. The van der Waals surface area contributed by atoms with Crippen LogP contribution >= 0.6 is 0 Å². The monoisotopic (exact) mass is 201 g/mol. The first-order valence-electron chi connectivity index (χ1n) is 6.03. The lowest BCUT2D eigenvalue weighted by molar-refractivity contribution is 0.00242. The van der Waals surface area contributed by atoms with Crippen LogP contribution < -0.4 is 0 Å². The molecule has 0 spiro atoms. The molecule has 0 aliphatic heterocycles. The number of nitrogens with zero attached hydrogens (tertiary/aromatic N) is 1. The fourth-order valence-corrected chi connectivity index (χ4v) is 1.74. The van der Waals surface area contributed by atoms with Gasteiger partial charge in [-0.1, -0.05) is 39.5 Å². The van der Waals surface area contributed by atoms with E-state index in [0.29, 0.717) is 6.04 Å². The molecule has 2 heteroatoms. The molecule has 0 aliphatic rings. The highest BCUT2D eigenvalue weighted by atomic mass is 16.3. The van der Waals surface area contributed by atoms with E-state index in [1.165, 1.54) is 38.5 Å². The molecule has 0 rings (SSSR count). The van der Waals surface area contributed by atoms with Gasteiger partial charge in [0.15, 0.2) is 0 Å². The van der Waals surface area contributed by atoms with Crippen molar-refractivity contribution in [3.63, 3.8) is 0 Å². The molecular weight excluding hydrogens is 174 g/mol. The van der Waals surface area contributed by atoms with Gasteiger partial charge in [-0.15, -0.1) is 0 Å². The van der Waals surface area contributed by atoms with Gasteiger partial charge in [0, 0.05) is 6.04 Å². The van der Waals surface area contributed by atoms with Gasteiger partial charge in [-0.05, 0) is 26.8 Å². The summed E-state index contributed by atoms with van der Waals surface area (Å²) < 4.78 is 0. The van der Waals surface area contributed by atoms with Gasteiger partial charge in [-0.2, -0.15) is 0 Å². The largest absolute Gasteiger partial charge is 0.379 e. The highest BCUT2D eigenvalue weighted by Crippen LogP contribution is 2.15. The Bertz CT molecular complexity index is 117. The van der Waals surface area contributed by atoms with Crippen LogP contribution in [-0.4, -0.2) is 29.3 Å². The van der Waals surface area contributed by atoms with Crippen LogP contribution in [0.4, 0.5) is 0 Å². The van der Waals surface area contributed by atoms with E-state index in [2.05, 4.69) is 18.7 Å². The summed E-state index contributed by atoms with van der Waals surface area (Å²) in [5, 5.41) is 9.52. The Morgan fingerprint density at radius 1 is 1.07 bits per heavy atom. The number of hydrogen-bond acceptors (Lipinski definition) is 2. The molecule has 0 heterocycles. The Hall–Kier alpha value is -0.0800. The summed E-state index contributed by atoms with van der Waals surface area (Å²) in [5.41, 5.74) is 0. The molecule has 0 saturated carbocycles. The predicted molar refractivity (Wildman–Crippen MR) is 62.3 cm³/mol. The van der Waals surface area contributed by atoms with Gasteiger partial charge in [0.2, 0.25) is 0 Å². The van der Waals surface area contributed by atoms with Crippen LogP contribution in [0, 0.1) is 0 Å². The van der Waals surface area contributed by atoms with E-state index in [4.69, 9.17) is 0 Å². The van der Waals surface area contributed by atoms with E-state index in [-0.39, 0.29) is 6.23 Å². The average Bonchev–Trinajstić information content (AvgIpc) is 2.17. The minimum absolute atomic E-state index is 0.311. The molecule has 1 atom stereocenters. The molecule has 86 valence electrons. The van der Waals surface area contributed by atoms with E-state index >= 15 is 0 Å².